The van der Waals surface area contributed by atoms with Gasteiger partial charge in [-0.3, -0.25) is 0 Å². The van der Waals surface area contributed by atoms with Crippen molar-refractivity contribution < 1.29 is 9.90 Å². The van der Waals surface area contributed by atoms with E-state index in [0.717, 1.165) is 23.9 Å². The second-order valence-electron chi connectivity index (χ2n) is 6.71. The molecule has 0 bridgehead atoms. The van der Waals surface area contributed by atoms with Crippen molar-refractivity contribution >= 4 is 23.5 Å². The SMILES string of the molecule is C[C@H](O)[C@@H]1CCN(C(=O)Nc2ccc(SC3CCCC3)cc2)C1. The molecule has 1 aliphatic carbocycles. The van der Waals surface area contributed by atoms with E-state index in [2.05, 4.69) is 17.4 Å². The molecule has 1 aliphatic heterocycles. The van der Waals surface area contributed by atoms with Crippen LogP contribution in [0, 0.1) is 5.92 Å². The molecule has 1 aromatic rings. The van der Waals surface area contributed by atoms with Gasteiger partial charge in [0.1, 0.15) is 0 Å². The van der Waals surface area contributed by atoms with Gasteiger partial charge in [0.25, 0.3) is 0 Å². The predicted molar refractivity (Wildman–Crippen MR) is 94.9 cm³/mol. The zero-order valence-electron chi connectivity index (χ0n) is 13.7. The molecule has 126 valence electrons. The lowest BCUT2D eigenvalue weighted by atomic mass is 10.0. The Kier molecular flexibility index (Phi) is 5.49. The number of anilines is 1. The highest BCUT2D eigenvalue weighted by Gasteiger charge is 2.29. The van der Waals surface area contributed by atoms with Gasteiger partial charge in [0.05, 0.1) is 6.10 Å². The summed E-state index contributed by atoms with van der Waals surface area (Å²) in [5.74, 6) is 0.200. The third-order valence-corrected chi connectivity index (χ3v) is 6.25. The number of likely N-dealkylation sites (tertiary alicyclic amines) is 1. The molecule has 2 aliphatic rings. The van der Waals surface area contributed by atoms with Crippen molar-refractivity contribution in [3.63, 3.8) is 0 Å². The van der Waals surface area contributed by atoms with Crippen LogP contribution >= 0.6 is 11.8 Å². The number of urea groups is 1. The van der Waals surface area contributed by atoms with Crippen molar-refractivity contribution in [2.45, 2.75) is 55.3 Å². The van der Waals surface area contributed by atoms with Crippen LogP contribution < -0.4 is 5.32 Å². The van der Waals surface area contributed by atoms with Gasteiger partial charge in [0, 0.05) is 34.8 Å². The second kappa shape index (κ2) is 7.58. The fraction of sp³-hybridized carbons (Fsp3) is 0.611. The molecule has 0 unspecified atom stereocenters. The topological polar surface area (TPSA) is 52.6 Å². The highest BCUT2D eigenvalue weighted by Crippen LogP contribution is 2.35. The third-order valence-electron chi connectivity index (χ3n) is 4.90. The Morgan fingerprint density at radius 2 is 1.96 bits per heavy atom. The first kappa shape index (κ1) is 16.7. The van der Waals surface area contributed by atoms with Crippen molar-refractivity contribution in [3.05, 3.63) is 24.3 Å². The zero-order valence-corrected chi connectivity index (χ0v) is 14.5. The van der Waals surface area contributed by atoms with E-state index in [1.54, 1.807) is 11.8 Å². The van der Waals surface area contributed by atoms with Crippen LogP contribution in [-0.2, 0) is 0 Å². The molecule has 1 aromatic carbocycles. The number of hydrogen-bond donors (Lipinski definition) is 2. The van der Waals surface area contributed by atoms with Gasteiger partial charge in [-0.05, 0) is 50.5 Å². The van der Waals surface area contributed by atoms with Crippen LogP contribution in [0.2, 0.25) is 0 Å². The van der Waals surface area contributed by atoms with Crippen molar-refractivity contribution in [3.8, 4) is 0 Å². The first-order valence-corrected chi connectivity index (χ1v) is 9.50. The minimum atomic E-state index is -0.348. The largest absolute Gasteiger partial charge is 0.393 e. The molecule has 3 rings (SSSR count). The molecule has 2 atom stereocenters. The van der Waals surface area contributed by atoms with Crippen LogP contribution in [-0.4, -0.2) is 40.5 Å². The van der Waals surface area contributed by atoms with E-state index in [1.165, 1.54) is 30.6 Å². The molecule has 2 N–H and O–H groups in total. The fourth-order valence-corrected chi connectivity index (χ4v) is 4.63. The average Bonchev–Trinajstić information content (AvgIpc) is 3.20. The Hall–Kier alpha value is -1.20. The second-order valence-corrected chi connectivity index (χ2v) is 8.09. The maximum absolute atomic E-state index is 12.3. The number of nitrogens with zero attached hydrogens (tertiary/aromatic N) is 1. The number of carbonyl (C=O) groups is 1. The third kappa shape index (κ3) is 4.42. The summed E-state index contributed by atoms with van der Waals surface area (Å²) < 4.78 is 0. The lowest BCUT2D eigenvalue weighted by Crippen LogP contribution is -2.34. The Balaban J connectivity index is 1.50. The molecule has 0 radical (unpaired) electrons. The zero-order chi connectivity index (χ0) is 16.2. The molecule has 1 saturated carbocycles. The van der Waals surface area contributed by atoms with Gasteiger partial charge in [-0.1, -0.05) is 12.8 Å². The first-order valence-electron chi connectivity index (χ1n) is 8.62. The maximum Gasteiger partial charge on any atom is 0.321 e. The van der Waals surface area contributed by atoms with E-state index >= 15 is 0 Å². The summed E-state index contributed by atoms with van der Waals surface area (Å²) in [5, 5.41) is 13.4. The van der Waals surface area contributed by atoms with Crippen LogP contribution in [0.3, 0.4) is 0 Å². The summed E-state index contributed by atoms with van der Waals surface area (Å²) in [4.78, 5) is 15.3. The van der Waals surface area contributed by atoms with Gasteiger partial charge in [0.2, 0.25) is 0 Å². The Morgan fingerprint density at radius 3 is 2.57 bits per heavy atom. The highest BCUT2D eigenvalue weighted by atomic mass is 32.2. The van der Waals surface area contributed by atoms with Gasteiger partial charge in [0.15, 0.2) is 0 Å². The molecular formula is C18H26N2O2S. The number of hydrogen-bond acceptors (Lipinski definition) is 3. The maximum atomic E-state index is 12.3. The molecule has 0 aromatic heterocycles. The minimum Gasteiger partial charge on any atom is -0.393 e. The molecule has 2 amide bonds. The van der Waals surface area contributed by atoms with Gasteiger partial charge in [-0.2, -0.15) is 0 Å². The number of rotatable bonds is 4. The summed E-state index contributed by atoms with van der Waals surface area (Å²) in [6.45, 7) is 3.16. The number of aliphatic hydroxyl groups is 1. The number of thioether (sulfide) groups is 1. The van der Waals surface area contributed by atoms with E-state index in [1.807, 2.05) is 23.9 Å². The predicted octanol–water partition coefficient (Wildman–Crippen LogP) is 3.96. The quantitative estimate of drug-likeness (QED) is 0.876. The van der Waals surface area contributed by atoms with Crippen LogP contribution in [0.25, 0.3) is 0 Å². The summed E-state index contributed by atoms with van der Waals surface area (Å²) in [6, 6.07) is 8.10. The van der Waals surface area contributed by atoms with E-state index in [-0.39, 0.29) is 18.1 Å². The number of carbonyl (C=O) groups excluding carboxylic acids is 1. The van der Waals surface area contributed by atoms with Crippen LogP contribution in [0.5, 0.6) is 0 Å². The first-order chi connectivity index (χ1) is 11.1. The highest BCUT2D eigenvalue weighted by molar-refractivity contribution is 8.00. The molecule has 5 heteroatoms. The van der Waals surface area contributed by atoms with Crippen molar-refractivity contribution in [1.29, 1.82) is 0 Å². The Labute approximate surface area is 142 Å². The van der Waals surface area contributed by atoms with E-state index in [4.69, 9.17) is 0 Å². The molecule has 0 spiro atoms. The number of benzene rings is 1. The number of aliphatic hydroxyl groups excluding tert-OH is 1. The lowest BCUT2D eigenvalue weighted by molar-refractivity contribution is 0.130. The summed E-state index contributed by atoms with van der Waals surface area (Å²) >= 11 is 1.96. The van der Waals surface area contributed by atoms with Crippen molar-refractivity contribution in [1.82, 2.24) is 4.90 Å². The van der Waals surface area contributed by atoms with E-state index in [9.17, 15) is 9.90 Å². The molecule has 4 nitrogen and oxygen atoms in total. The summed E-state index contributed by atoms with van der Waals surface area (Å²) in [5.41, 5.74) is 0.839. The van der Waals surface area contributed by atoms with Gasteiger partial charge in [-0.25, -0.2) is 4.79 Å². The van der Waals surface area contributed by atoms with Crippen LogP contribution in [0.1, 0.15) is 39.0 Å². The van der Waals surface area contributed by atoms with Gasteiger partial charge < -0.3 is 15.3 Å². The number of nitrogens with one attached hydrogen (secondary N) is 1. The van der Waals surface area contributed by atoms with E-state index in [0.29, 0.717) is 6.54 Å². The molecule has 23 heavy (non-hydrogen) atoms. The van der Waals surface area contributed by atoms with Gasteiger partial charge >= 0.3 is 6.03 Å². The normalized spacial score (nSPS) is 23.2. The summed E-state index contributed by atoms with van der Waals surface area (Å²) in [6.07, 6.45) is 5.89. The molecule has 1 heterocycles. The molecule has 2 fully saturated rings. The summed E-state index contributed by atoms with van der Waals surface area (Å²) in [7, 11) is 0. The monoisotopic (exact) mass is 334 g/mol. The molecule has 1 saturated heterocycles. The standard InChI is InChI=1S/C18H26N2O2S/c1-13(21)14-10-11-20(12-14)18(22)19-15-6-8-17(9-7-15)23-16-4-2-3-5-16/h6-9,13-14,16,21H,2-5,10-12H2,1H3,(H,19,22)/t13-,14+/m0/s1. The van der Waals surface area contributed by atoms with Crippen LogP contribution in [0.4, 0.5) is 10.5 Å². The fourth-order valence-electron chi connectivity index (χ4n) is 3.38. The van der Waals surface area contributed by atoms with Gasteiger partial charge in [-0.15, -0.1) is 11.8 Å². The molecular weight excluding hydrogens is 308 g/mol. The smallest absolute Gasteiger partial charge is 0.321 e. The Morgan fingerprint density at radius 1 is 1.26 bits per heavy atom. The number of amides is 2. The van der Waals surface area contributed by atoms with Crippen molar-refractivity contribution in [2.24, 2.45) is 5.92 Å². The minimum absolute atomic E-state index is 0.0654. The van der Waals surface area contributed by atoms with E-state index < -0.39 is 0 Å². The van der Waals surface area contributed by atoms with Crippen LogP contribution in [0.15, 0.2) is 29.2 Å². The average molecular weight is 334 g/mol. The van der Waals surface area contributed by atoms with Crippen molar-refractivity contribution in [2.75, 3.05) is 18.4 Å². The Bertz CT molecular complexity index is 526. The lowest BCUT2D eigenvalue weighted by Gasteiger charge is -2.18.